The fourth-order valence-corrected chi connectivity index (χ4v) is 2.78. The van der Waals surface area contributed by atoms with Gasteiger partial charge in [0.15, 0.2) is 11.7 Å². The van der Waals surface area contributed by atoms with Gasteiger partial charge in [0.1, 0.15) is 5.75 Å². The molecule has 0 atom stereocenters. The minimum absolute atomic E-state index is 0.00654. The average Bonchev–Trinajstić information content (AvgIpc) is 2.71. The molecule has 28 heavy (non-hydrogen) atoms. The lowest BCUT2D eigenvalue weighted by molar-refractivity contribution is -0.122. The van der Waals surface area contributed by atoms with Crippen LogP contribution in [0.15, 0.2) is 72.8 Å². The Hall–Kier alpha value is -3.45. The Kier molecular flexibility index (Phi) is 6.54. The van der Waals surface area contributed by atoms with E-state index in [-0.39, 0.29) is 24.0 Å². The molecule has 3 aromatic rings. The molecule has 0 unspecified atom stereocenters. The molecule has 0 aliphatic carbocycles. The molecule has 6 nitrogen and oxygen atoms in total. The van der Waals surface area contributed by atoms with Gasteiger partial charge in [-0.2, -0.15) is 0 Å². The van der Waals surface area contributed by atoms with Gasteiger partial charge in [-0.1, -0.05) is 66.7 Å². The maximum absolute atomic E-state index is 12.0. The fraction of sp³-hybridized carbons (Fsp3) is 0.0952. The number of nitrogens with one attached hydrogen (secondary N) is 3. The van der Waals surface area contributed by atoms with Crippen molar-refractivity contribution in [1.29, 1.82) is 0 Å². The molecule has 2 amide bonds. The third-order valence-electron chi connectivity index (χ3n) is 3.88. The lowest BCUT2D eigenvalue weighted by atomic mass is 10.1. The van der Waals surface area contributed by atoms with Crippen molar-refractivity contribution in [1.82, 2.24) is 16.2 Å². The highest BCUT2D eigenvalue weighted by Gasteiger charge is 2.09. The van der Waals surface area contributed by atoms with E-state index in [1.54, 1.807) is 6.07 Å². The van der Waals surface area contributed by atoms with Crippen LogP contribution in [-0.4, -0.2) is 23.5 Å². The Labute approximate surface area is 167 Å². The van der Waals surface area contributed by atoms with Gasteiger partial charge < -0.3 is 4.74 Å². The normalized spacial score (nSPS) is 10.1. The summed E-state index contributed by atoms with van der Waals surface area (Å²) in [6.07, 6.45) is 0.203. The molecule has 0 heterocycles. The van der Waals surface area contributed by atoms with E-state index in [0.717, 1.165) is 16.3 Å². The van der Waals surface area contributed by atoms with Gasteiger partial charge >= 0.3 is 0 Å². The number of rotatable bonds is 5. The number of fused-ring (bicyclic) bond motifs is 1. The molecule has 0 fully saturated rings. The van der Waals surface area contributed by atoms with Gasteiger partial charge in [0, 0.05) is 5.39 Å². The highest BCUT2D eigenvalue weighted by atomic mass is 32.1. The van der Waals surface area contributed by atoms with Crippen molar-refractivity contribution in [2.75, 3.05) is 6.61 Å². The first-order valence-electron chi connectivity index (χ1n) is 8.65. The third kappa shape index (κ3) is 5.52. The van der Waals surface area contributed by atoms with Gasteiger partial charge in [0.05, 0.1) is 6.42 Å². The van der Waals surface area contributed by atoms with Crippen LogP contribution in [-0.2, 0) is 16.0 Å². The lowest BCUT2D eigenvalue weighted by Gasteiger charge is -2.12. The zero-order valence-corrected chi connectivity index (χ0v) is 15.8. The van der Waals surface area contributed by atoms with Crippen molar-refractivity contribution in [3.05, 3.63) is 78.4 Å². The average molecular weight is 393 g/mol. The molecule has 0 aliphatic rings. The molecule has 0 saturated heterocycles. The van der Waals surface area contributed by atoms with Gasteiger partial charge in [0.25, 0.3) is 5.91 Å². The van der Waals surface area contributed by atoms with Crippen molar-refractivity contribution in [2.45, 2.75) is 6.42 Å². The van der Waals surface area contributed by atoms with Crippen molar-refractivity contribution in [2.24, 2.45) is 0 Å². The van der Waals surface area contributed by atoms with Crippen LogP contribution in [0.25, 0.3) is 10.8 Å². The summed E-state index contributed by atoms with van der Waals surface area (Å²) in [7, 11) is 0. The number of carbonyl (C=O) groups excluding carboxylic acids is 2. The summed E-state index contributed by atoms with van der Waals surface area (Å²) in [6, 6.07) is 22.7. The Morgan fingerprint density at radius 3 is 2.36 bits per heavy atom. The van der Waals surface area contributed by atoms with Gasteiger partial charge in [0.2, 0.25) is 5.91 Å². The monoisotopic (exact) mass is 393 g/mol. The SMILES string of the molecule is O=C(Cc1ccccc1)NNC(=S)NC(=O)COc1cccc2ccccc12. The zero-order chi connectivity index (χ0) is 19.8. The van der Waals surface area contributed by atoms with Crippen LogP contribution >= 0.6 is 12.2 Å². The van der Waals surface area contributed by atoms with Gasteiger partial charge in [-0.05, 0) is 29.2 Å². The summed E-state index contributed by atoms with van der Waals surface area (Å²) in [5.41, 5.74) is 5.83. The van der Waals surface area contributed by atoms with Crippen molar-refractivity contribution < 1.29 is 14.3 Å². The second-order valence-electron chi connectivity index (χ2n) is 5.98. The second-order valence-corrected chi connectivity index (χ2v) is 6.39. The first-order chi connectivity index (χ1) is 13.6. The third-order valence-corrected chi connectivity index (χ3v) is 4.09. The number of benzene rings is 3. The van der Waals surface area contributed by atoms with Crippen molar-refractivity contribution in [3.8, 4) is 5.75 Å². The van der Waals surface area contributed by atoms with E-state index in [4.69, 9.17) is 17.0 Å². The molecule has 7 heteroatoms. The topological polar surface area (TPSA) is 79.5 Å². The quantitative estimate of drug-likeness (QED) is 0.458. The van der Waals surface area contributed by atoms with E-state index >= 15 is 0 Å². The smallest absolute Gasteiger partial charge is 0.264 e. The van der Waals surface area contributed by atoms with E-state index in [0.29, 0.717) is 5.75 Å². The van der Waals surface area contributed by atoms with Crippen LogP contribution in [0.3, 0.4) is 0 Å². The number of hydrogen-bond acceptors (Lipinski definition) is 4. The first-order valence-corrected chi connectivity index (χ1v) is 9.06. The molecule has 0 bridgehead atoms. The van der Waals surface area contributed by atoms with Crippen LogP contribution in [0.1, 0.15) is 5.56 Å². The minimum atomic E-state index is -0.428. The number of thiocarbonyl (C=S) groups is 1. The van der Waals surface area contributed by atoms with E-state index < -0.39 is 5.91 Å². The standard InChI is InChI=1S/C21H19N3O3S/c25-19(13-15-7-2-1-3-8-15)23-24-21(28)22-20(26)14-27-18-12-6-10-16-9-4-5-11-17(16)18/h1-12H,13-14H2,(H,23,25)(H2,22,24,26,28). The number of amides is 2. The maximum Gasteiger partial charge on any atom is 0.264 e. The minimum Gasteiger partial charge on any atom is -0.483 e. The van der Waals surface area contributed by atoms with Crippen LogP contribution in [0.4, 0.5) is 0 Å². The Morgan fingerprint density at radius 2 is 1.54 bits per heavy atom. The number of ether oxygens (including phenoxy) is 1. The molecule has 3 aromatic carbocycles. The molecule has 142 valence electrons. The Balaban J connectivity index is 1.43. The summed E-state index contributed by atoms with van der Waals surface area (Å²) >= 11 is 5.01. The predicted molar refractivity (Wildman–Crippen MR) is 112 cm³/mol. The molecular formula is C21H19N3O3S. The highest BCUT2D eigenvalue weighted by molar-refractivity contribution is 7.80. The summed E-state index contributed by atoms with van der Waals surface area (Å²) in [6.45, 7) is -0.201. The molecule has 3 N–H and O–H groups in total. The molecular weight excluding hydrogens is 374 g/mol. The molecule has 3 rings (SSSR count). The van der Waals surface area contributed by atoms with E-state index in [2.05, 4.69) is 16.2 Å². The van der Waals surface area contributed by atoms with E-state index in [1.807, 2.05) is 66.7 Å². The maximum atomic E-state index is 12.0. The lowest BCUT2D eigenvalue weighted by Crippen LogP contribution is -2.49. The molecule has 0 radical (unpaired) electrons. The number of carbonyl (C=O) groups is 2. The summed E-state index contributed by atoms with van der Waals surface area (Å²) in [5, 5.41) is 4.40. The fourth-order valence-electron chi connectivity index (χ4n) is 2.61. The largest absolute Gasteiger partial charge is 0.483 e. The van der Waals surface area contributed by atoms with Crippen molar-refractivity contribution in [3.63, 3.8) is 0 Å². The molecule has 0 aliphatic heterocycles. The van der Waals surface area contributed by atoms with Crippen LogP contribution in [0, 0.1) is 0 Å². The first kappa shape index (κ1) is 19.3. The Morgan fingerprint density at radius 1 is 0.821 bits per heavy atom. The summed E-state index contributed by atoms with van der Waals surface area (Å²) in [5.74, 6) is -0.0826. The second kappa shape index (κ2) is 9.48. The van der Waals surface area contributed by atoms with Gasteiger partial charge in [-0.25, -0.2) is 0 Å². The summed E-state index contributed by atoms with van der Waals surface area (Å²) < 4.78 is 5.60. The van der Waals surface area contributed by atoms with E-state index in [9.17, 15) is 9.59 Å². The van der Waals surface area contributed by atoms with Crippen LogP contribution < -0.4 is 20.9 Å². The molecule has 0 saturated carbocycles. The van der Waals surface area contributed by atoms with Crippen LogP contribution in [0.2, 0.25) is 0 Å². The van der Waals surface area contributed by atoms with Gasteiger partial charge in [-0.3, -0.25) is 25.8 Å². The molecule has 0 spiro atoms. The summed E-state index contributed by atoms with van der Waals surface area (Å²) in [4.78, 5) is 23.9. The van der Waals surface area contributed by atoms with Crippen LogP contribution in [0.5, 0.6) is 5.75 Å². The van der Waals surface area contributed by atoms with Crippen molar-refractivity contribution >= 4 is 39.9 Å². The zero-order valence-electron chi connectivity index (χ0n) is 15.0. The number of hydrazine groups is 1. The Bertz CT molecular complexity index is 987. The van der Waals surface area contributed by atoms with Gasteiger partial charge in [-0.15, -0.1) is 0 Å². The highest BCUT2D eigenvalue weighted by Crippen LogP contribution is 2.24. The van der Waals surface area contributed by atoms with E-state index in [1.165, 1.54) is 0 Å². The molecule has 0 aromatic heterocycles. The number of hydrogen-bond donors (Lipinski definition) is 3. The predicted octanol–water partition coefficient (Wildman–Crippen LogP) is 2.48.